The van der Waals surface area contributed by atoms with E-state index in [1.165, 1.54) is 4.68 Å². The first-order chi connectivity index (χ1) is 10.0. The normalized spacial score (nSPS) is 10.8. The summed E-state index contributed by atoms with van der Waals surface area (Å²) in [5.74, 6) is -1.10. The third-order valence-corrected chi connectivity index (χ3v) is 3.55. The molecular formula is C15H10BrF2N3. The number of hydrogen-bond acceptors (Lipinski definition) is 2. The molecule has 0 saturated heterocycles. The first-order valence-corrected chi connectivity index (χ1v) is 6.90. The zero-order valence-electron chi connectivity index (χ0n) is 10.7. The zero-order chi connectivity index (χ0) is 15.0. The van der Waals surface area contributed by atoms with Gasteiger partial charge in [0.2, 0.25) is 0 Å². The van der Waals surface area contributed by atoms with Crippen LogP contribution in [0.3, 0.4) is 0 Å². The van der Waals surface area contributed by atoms with Gasteiger partial charge in [-0.1, -0.05) is 15.9 Å². The number of nitrogens with two attached hydrogens (primary N) is 1. The summed E-state index contributed by atoms with van der Waals surface area (Å²) in [5.41, 5.74) is 7.19. The first-order valence-electron chi connectivity index (χ1n) is 6.11. The fourth-order valence-electron chi connectivity index (χ4n) is 2.00. The maximum atomic E-state index is 13.8. The molecule has 0 saturated carbocycles. The second-order valence-corrected chi connectivity index (χ2v) is 5.39. The van der Waals surface area contributed by atoms with Crippen LogP contribution in [0.15, 0.2) is 53.1 Å². The molecule has 0 aliphatic carbocycles. The number of nitrogens with zero attached hydrogens (tertiary/aromatic N) is 2. The molecule has 0 unspecified atom stereocenters. The van der Waals surface area contributed by atoms with Gasteiger partial charge < -0.3 is 5.73 Å². The van der Waals surface area contributed by atoms with Crippen molar-refractivity contribution in [3.63, 3.8) is 0 Å². The van der Waals surface area contributed by atoms with Gasteiger partial charge in [-0.05, 0) is 42.5 Å². The van der Waals surface area contributed by atoms with Crippen LogP contribution >= 0.6 is 15.9 Å². The molecule has 0 amide bonds. The van der Waals surface area contributed by atoms with E-state index in [9.17, 15) is 8.78 Å². The highest BCUT2D eigenvalue weighted by atomic mass is 79.9. The van der Waals surface area contributed by atoms with Gasteiger partial charge >= 0.3 is 0 Å². The minimum absolute atomic E-state index is 0.0448. The molecule has 21 heavy (non-hydrogen) atoms. The highest BCUT2D eigenvalue weighted by Gasteiger charge is 2.14. The highest BCUT2D eigenvalue weighted by Crippen LogP contribution is 2.28. The summed E-state index contributed by atoms with van der Waals surface area (Å²) in [6.45, 7) is 0. The Labute approximate surface area is 128 Å². The maximum absolute atomic E-state index is 13.8. The third-order valence-electron chi connectivity index (χ3n) is 3.02. The van der Waals surface area contributed by atoms with Crippen LogP contribution in [-0.2, 0) is 0 Å². The molecular weight excluding hydrogens is 340 g/mol. The molecule has 3 aromatic rings. The Kier molecular flexibility index (Phi) is 3.47. The largest absolute Gasteiger partial charge is 0.396 e. The van der Waals surface area contributed by atoms with Crippen molar-refractivity contribution in [3.8, 4) is 16.9 Å². The Bertz CT molecular complexity index is 797. The van der Waals surface area contributed by atoms with Crippen molar-refractivity contribution in [2.24, 2.45) is 0 Å². The van der Waals surface area contributed by atoms with Crippen LogP contribution in [0, 0.1) is 11.6 Å². The Morgan fingerprint density at radius 3 is 2.48 bits per heavy atom. The van der Waals surface area contributed by atoms with E-state index in [0.29, 0.717) is 0 Å². The molecule has 0 radical (unpaired) electrons. The minimum atomic E-state index is -0.566. The van der Waals surface area contributed by atoms with Crippen molar-refractivity contribution in [3.05, 3.63) is 64.8 Å². The van der Waals surface area contributed by atoms with E-state index in [4.69, 9.17) is 5.73 Å². The average Bonchev–Trinajstić information content (AvgIpc) is 2.84. The second kappa shape index (κ2) is 5.29. The van der Waals surface area contributed by atoms with Crippen LogP contribution in [0.4, 0.5) is 14.5 Å². The smallest absolute Gasteiger partial charge is 0.132 e. The summed E-state index contributed by atoms with van der Waals surface area (Å²) < 4.78 is 29.6. The van der Waals surface area contributed by atoms with Crippen molar-refractivity contribution >= 4 is 21.6 Å². The fourth-order valence-corrected chi connectivity index (χ4v) is 2.27. The SMILES string of the molecule is Nc1cn(-c2ccc(Br)cc2)nc1-c1cc(F)ccc1F. The van der Waals surface area contributed by atoms with Crippen LogP contribution in [0.25, 0.3) is 16.9 Å². The number of benzene rings is 2. The lowest BCUT2D eigenvalue weighted by molar-refractivity contribution is 0.602. The quantitative estimate of drug-likeness (QED) is 0.754. The Hall–Kier alpha value is -2.21. The van der Waals surface area contributed by atoms with Crippen LogP contribution < -0.4 is 5.73 Å². The van der Waals surface area contributed by atoms with E-state index < -0.39 is 11.6 Å². The van der Waals surface area contributed by atoms with Crippen LogP contribution in [0.5, 0.6) is 0 Å². The molecule has 1 heterocycles. The average molecular weight is 350 g/mol. The molecule has 0 fully saturated rings. The summed E-state index contributed by atoms with van der Waals surface area (Å²) in [7, 11) is 0. The number of rotatable bonds is 2. The summed E-state index contributed by atoms with van der Waals surface area (Å²) in [4.78, 5) is 0. The monoisotopic (exact) mass is 349 g/mol. The number of nitrogen functional groups attached to an aromatic ring is 1. The van der Waals surface area contributed by atoms with Gasteiger partial charge in [0.05, 0.1) is 17.6 Å². The highest BCUT2D eigenvalue weighted by molar-refractivity contribution is 9.10. The molecule has 2 N–H and O–H groups in total. The molecule has 106 valence electrons. The van der Waals surface area contributed by atoms with E-state index in [2.05, 4.69) is 21.0 Å². The topological polar surface area (TPSA) is 43.8 Å². The molecule has 0 bridgehead atoms. The number of hydrogen-bond donors (Lipinski definition) is 1. The molecule has 0 spiro atoms. The lowest BCUT2D eigenvalue weighted by atomic mass is 10.1. The molecule has 0 aliphatic heterocycles. The third kappa shape index (κ3) is 2.67. The Morgan fingerprint density at radius 1 is 1.05 bits per heavy atom. The summed E-state index contributed by atoms with van der Waals surface area (Å²) in [6.07, 6.45) is 1.57. The molecule has 3 nitrogen and oxygen atoms in total. The van der Waals surface area contributed by atoms with Gasteiger partial charge in [-0.3, -0.25) is 0 Å². The van der Waals surface area contributed by atoms with Crippen molar-refractivity contribution in [1.29, 1.82) is 0 Å². The summed E-state index contributed by atoms with van der Waals surface area (Å²) >= 11 is 3.35. The van der Waals surface area contributed by atoms with Crippen LogP contribution in [0.1, 0.15) is 0 Å². The molecule has 1 aromatic heterocycles. The van der Waals surface area contributed by atoms with Crippen molar-refractivity contribution in [2.45, 2.75) is 0 Å². The molecule has 0 atom stereocenters. The van der Waals surface area contributed by atoms with Gasteiger partial charge in [0.15, 0.2) is 0 Å². The fraction of sp³-hybridized carbons (Fsp3) is 0. The van der Waals surface area contributed by atoms with E-state index in [-0.39, 0.29) is 16.9 Å². The van der Waals surface area contributed by atoms with E-state index >= 15 is 0 Å². The first kappa shape index (κ1) is 13.8. The minimum Gasteiger partial charge on any atom is -0.396 e. The Balaban J connectivity index is 2.09. The van der Waals surface area contributed by atoms with Crippen LogP contribution in [-0.4, -0.2) is 9.78 Å². The van der Waals surface area contributed by atoms with Gasteiger partial charge in [0.25, 0.3) is 0 Å². The van der Waals surface area contributed by atoms with Crippen molar-refractivity contribution in [1.82, 2.24) is 9.78 Å². The predicted molar refractivity (Wildman–Crippen MR) is 81.0 cm³/mol. The van der Waals surface area contributed by atoms with E-state index in [1.54, 1.807) is 6.20 Å². The lowest BCUT2D eigenvalue weighted by Gasteiger charge is -2.02. The number of anilines is 1. The van der Waals surface area contributed by atoms with E-state index in [1.807, 2.05) is 24.3 Å². The lowest BCUT2D eigenvalue weighted by Crippen LogP contribution is -1.95. The van der Waals surface area contributed by atoms with Crippen molar-refractivity contribution < 1.29 is 8.78 Å². The van der Waals surface area contributed by atoms with Gasteiger partial charge in [-0.25, -0.2) is 13.5 Å². The van der Waals surface area contributed by atoms with Gasteiger partial charge in [-0.15, -0.1) is 0 Å². The number of halogens is 3. The zero-order valence-corrected chi connectivity index (χ0v) is 12.3. The van der Waals surface area contributed by atoms with Gasteiger partial charge in [0, 0.05) is 10.0 Å². The number of aromatic nitrogens is 2. The molecule has 2 aromatic carbocycles. The molecule has 3 rings (SSSR count). The molecule has 6 heteroatoms. The second-order valence-electron chi connectivity index (χ2n) is 4.48. The van der Waals surface area contributed by atoms with E-state index in [0.717, 1.165) is 28.4 Å². The van der Waals surface area contributed by atoms with Gasteiger partial charge in [-0.2, -0.15) is 5.10 Å². The van der Waals surface area contributed by atoms with Crippen LogP contribution in [0.2, 0.25) is 0 Å². The van der Waals surface area contributed by atoms with Gasteiger partial charge in [0.1, 0.15) is 17.3 Å². The summed E-state index contributed by atoms with van der Waals surface area (Å²) in [6, 6.07) is 10.6. The maximum Gasteiger partial charge on any atom is 0.132 e. The standard InChI is InChI=1S/C15H10BrF2N3/c16-9-1-4-11(5-2-9)21-8-14(19)15(20-21)12-7-10(17)3-6-13(12)18/h1-8H,19H2. The van der Waals surface area contributed by atoms with Crippen molar-refractivity contribution in [2.75, 3.05) is 5.73 Å². The molecule has 0 aliphatic rings. The predicted octanol–water partition coefficient (Wildman–Crippen LogP) is 4.16. The summed E-state index contributed by atoms with van der Waals surface area (Å²) in [5, 5.41) is 4.25. The Morgan fingerprint density at radius 2 is 1.76 bits per heavy atom.